The molecule has 0 aliphatic heterocycles. The summed E-state index contributed by atoms with van der Waals surface area (Å²) in [5, 5.41) is 0. The van der Waals surface area contributed by atoms with E-state index in [1.165, 1.54) is 19.2 Å². The van der Waals surface area contributed by atoms with Crippen molar-refractivity contribution in [2.24, 2.45) is 0 Å². The molecule has 0 atom stereocenters. The molecular formula is C14H14O4S. The van der Waals surface area contributed by atoms with Gasteiger partial charge in [-0.15, -0.1) is 0 Å². The van der Waals surface area contributed by atoms with Crippen LogP contribution in [0.5, 0.6) is 11.5 Å². The first-order valence-corrected chi connectivity index (χ1v) is 7.08. The first-order valence-electron chi connectivity index (χ1n) is 5.67. The SMILES string of the molecule is COc1cc(C)ccc1OS(=O)(=O)c1ccccc1. The van der Waals surface area contributed by atoms with Crippen LogP contribution >= 0.6 is 0 Å². The predicted octanol–water partition coefficient (Wildman–Crippen LogP) is 2.77. The minimum absolute atomic E-state index is 0.109. The number of hydrogen-bond acceptors (Lipinski definition) is 4. The van der Waals surface area contributed by atoms with Gasteiger partial charge in [-0.3, -0.25) is 0 Å². The van der Waals surface area contributed by atoms with Gasteiger partial charge in [0.05, 0.1) is 7.11 Å². The van der Waals surface area contributed by atoms with Gasteiger partial charge in [-0.25, -0.2) is 0 Å². The highest BCUT2D eigenvalue weighted by molar-refractivity contribution is 7.87. The summed E-state index contributed by atoms with van der Waals surface area (Å²) < 4.78 is 34.4. The van der Waals surface area contributed by atoms with E-state index < -0.39 is 10.1 Å². The Hall–Kier alpha value is -2.01. The highest BCUT2D eigenvalue weighted by atomic mass is 32.2. The average molecular weight is 278 g/mol. The highest BCUT2D eigenvalue weighted by Gasteiger charge is 2.18. The molecule has 0 N–H and O–H groups in total. The molecule has 4 nitrogen and oxygen atoms in total. The third kappa shape index (κ3) is 3.06. The Labute approximate surface area is 112 Å². The summed E-state index contributed by atoms with van der Waals surface area (Å²) in [6, 6.07) is 13.0. The summed E-state index contributed by atoms with van der Waals surface area (Å²) >= 11 is 0. The van der Waals surface area contributed by atoms with E-state index in [9.17, 15) is 8.42 Å². The minimum Gasteiger partial charge on any atom is -0.493 e. The standard InChI is InChI=1S/C14H14O4S/c1-11-8-9-13(14(10-11)17-2)18-19(15,16)12-6-4-3-5-7-12/h3-10H,1-2H3. The van der Waals surface area contributed by atoms with Crippen LogP contribution in [0.15, 0.2) is 53.4 Å². The second-order valence-electron chi connectivity index (χ2n) is 4.00. The van der Waals surface area contributed by atoms with Gasteiger partial charge in [0, 0.05) is 0 Å². The van der Waals surface area contributed by atoms with Crippen LogP contribution in [0.4, 0.5) is 0 Å². The van der Waals surface area contributed by atoms with Crippen LogP contribution < -0.4 is 8.92 Å². The average Bonchev–Trinajstić information content (AvgIpc) is 2.41. The summed E-state index contributed by atoms with van der Waals surface area (Å²) in [5.41, 5.74) is 0.960. The van der Waals surface area contributed by atoms with Gasteiger partial charge < -0.3 is 8.92 Å². The fraction of sp³-hybridized carbons (Fsp3) is 0.143. The molecule has 100 valence electrons. The van der Waals surface area contributed by atoms with Crippen molar-refractivity contribution >= 4 is 10.1 Å². The lowest BCUT2D eigenvalue weighted by Crippen LogP contribution is -2.10. The second-order valence-corrected chi connectivity index (χ2v) is 5.55. The number of benzene rings is 2. The molecule has 0 aliphatic rings. The van der Waals surface area contributed by atoms with Gasteiger partial charge in [0.1, 0.15) is 4.90 Å². The Bertz CT molecular complexity index is 663. The van der Waals surface area contributed by atoms with Gasteiger partial charge in [-0.05, 0) is 36.8 Å². The molecule has 0 heterocycles. The third-order valence-corrected chi connectivity index (χ3v) is 3.80. The second kappa shape index (κ2) is 5.32. The van der Waals surface area contributed by atoms with Gasteiger partial charge in [-0.2, -0.15) is 8.42 Å². The van der Waals surface area contributed by atoms with Crippen LogP contribution in [0, 0.1) is 6.92 Å². The molecule has 0 saturated carbocycles. The summed E-state index contributed by atoms with van der Waals surface area (Å²) in [5.74, 6) is 0.566. The first-order chi connectivity index (χ1) is 9.03. The van der Waals surface area contributed by atoms with E-state index in [0.29, 0.717) is 5.75 Å². The van der Waals surface area contributed by atoms with Crippen LogP contribution in [-0.2, 0) is 10.1 Å². The largest absolute Gasteiger partial charge is 0.493 e. The summed E-state index contributed by atoms with van der Waals surface area (Å²) in [6.07, 6.45) is 0. The van der Waals surface area contributed by atoms with E-state index in [4.69, 9.17) is 8.92 Å². The van der Waals surface area contributed by atoms with E-state index in [2.05, 4.69) is 0 Å². The Morgan fingerprint density at radius 1 is 0.947 bits per heavy atom. The quantitative estimate of drug-likeness (QED) is 0.807. The fourth-order valence-electron chi connectivity index (χ4n) is 1.60. The van der Waals surface area contributed by atoms with Gasteiger partial charge in [0.2, 0.25) is 0 Å². The zero-order valence-corrected chi connectivity index (χ0v) is 11.5. The van der Waals surface area contributed by atoms with Crippen molar-refractivity contribution in [2.45, 2.75) is 11.8 Å². The smallest absolute Gasteiger partial charge is 0.339 e. The molecule has 0 radical (unpaired) electrons. The summed E-state index contributed by atoms with van der Waals surface area (Å²) in [6.45, 7) is 1.89. The maximum atomic E-state index is 12.1. The topological polar surface area (TPSA) is 52.6 Å². The van der Waals surface area contributed by atoms with E-state index in [0.717, 1.165) is 5.56 Å². The molecule has 0 aliphatic carbocycles. The first kappa shape index (κ1) is 13.4. The molecule has 0 spiro atoms. The van der Waals surface area contributed by atoms with Crippen molar-refractivity contribution in [1.82, 2.24) is 0 Å². The minimum atomic E-state index is -3.84. The van der Waals surface area contributed by atoms with E-state index in [1.54, 1.807) is 36.4 Å². The molecule has 0 bridgehead atoms. The van der Waals surface area contributed by atoms with Gasteiger partial charge in [0.25, 0.3) is 0 Å². The molecule has 0 fully saturated rings. The zero-order chi connectivity index (χ0) is 13.9. The molecular weight excluding hydrogens is 264 g/mol. The monoisotopic (exact) mass is 278 g/mol. The van der Waals surface area contributed by atoms with Crippen molar-refractivity contribution in [3.63, 3.8) is 0 Å². The Morgan fingerprint density at radius 3 is 2.26 bits per heavy atom. The van der Waals surface area contributed by atoms with Crippen molar-refractivity contribution in [2.75, 3.05) is 7.11 Å². The molecule has 0 amide bonds. The molecule has 2 aromatic carbocycles. The van der Waals surface area contributed by atoms with E-state index in [-0.39, 0.29) is 10.6 Å². The molecule has 5 heteroatoms. The molecule has 0 saturated heterocycles. The molecule has 19 heavy (non-hydrogen) atoms. The van der Waals surface area contributed by atoms with Crippen LogP contribution in [-0.4, -0.2) is 15.5 Å². The zero-order valence-electron chi connectivity index (χ0n) is 10.7. The highest BCUT2D eigenvalue weighted by Crippen LogP contribution is 2.30. The number of hydrogen-bond donors (Lipinski definition) is 0. The number of aryl methyl sites for hydroxylation is 1. The van der Waals surface area contributed by atoms with Crippen molar-refractivity contribution in [3.8, 4) is 11.5 Å². The molecule has 0 unspecified atom stereocenters. The third-order valence-electron chi connectivity index (χ3n) is 2.55. The number of ether oxygens (including phenoxy) is 1. The normalized spacial score (nSPS) is 11.1. The predicted molar refractivity (Wildman–Crippen MR) is 72.0 cm³/mol. The lowest BCUT2D eigenvalue weighted by Gasteiger charge is -2.11. The van der Waals surface area contributed by atoms with Crippen LogP contribution in [0.25, 0.3) is 0 Å². The Morgan fingerprint density at radius 2 is 1.63 bits per heavy atom. The summed E-state index contributed by atoms with van der Waals surface area (Å²) in [7, 11) is -2.37. The fourth-order valence-corrected chi connectivity index (χ4v) is 2.56. The number of rotatable bonds is 4. The van der Waals surface area contributed by atoms with Crippen LogP contribution in [0.2, 0.25) is 0 Å². The number of methoxy groups -OCH3 is 1. The molecule has 2 rings (SSSR count). The lowest BCUT2D eigenvalue weighted by atomic mass is 10.2. The van der Waals surface area contributed by atoms with Gasteiger partial charge in [-0.1, -0.05) is 24.3 Å². The Balaban J connectivity index is 2.36. The van der Waals surface area contributed by atoms with Gasteiger partial charge >= 0.3 is 10.1 Å². The van der Waals surface area contributed by atoms with E-state index in [1.807, 2.05) is 6.92 Å². The lowest BCUT2D eigenvalue weighted by molar-refractivity contribution is 0.390. The summed E-state index contributed by atoms with van der Waals surface area (Å²) in [4.78, 5) is 0.109. The Kier molecular flexibility index (Phi) is 3.76. The molecule has 0 aromatic heterocycles. The van der Waals surface area contributed by atoms with Crippen molar-refractivity contribution < 1.29 is 17.3 Å². The van der Waals surface area contributed by atoms with Crippen LogP contribution in [0.3, 0.4) is 0 Å². The van der Waals surface area contributed by atoms with Crippen molar-refractivity contribution in [1.29, 1.82) is 0 Å². The maximum absolute atomic E-state index is 12.1. The van der Waals surface area contributed by atoms with Gasteiger partial charge in [0.15, 0.2) is 11.5 Å². The van der Waals surface area contributed by atoms with E-state index >= 15 is 0 Å². The molecule has 2 aromatic rings. The van der Waals surface area contributed by atoms with Crippen LogP contribution in [0.1, 0.15) is 5.56 Å². The van der Waals surface area contributed by atoms with Crippen molar-refractivity contribution in [3.05, 3.63) is 54.1 Å². The maximum Gasteiger partial charge on any atom is 0.339 e.